The fraction of sp³-hybridized carbons (Fsp3) is 0.400. The number of benzene rings is 2. The lowest BCUT2D eigenvalue weighted by Gasteiger charge is -2.41. The molecular weight excluding hydrogens is 318 g/mol. The number of aryl methyl sites for hydroxylation is 1. The van der Waals surface area contributed by atoms with Crippen molar-refractivity contribution < 1.29 is 8.42 Å². The van der Waals surface area contributed by atoms with E-state index in [9.17, 15) is 8.42 Å². The first-order valence-electron chi connectivity index (χ1n) is 8.51. The van der Waals surface area contributed by atoms with Gasteiger partial charge in [0, 0.05) is 13.1 Å². The van der Waals surface area contributed by atoms with E-state index >= 15 is 0 Å². The number of piperidine rings is 1. The van der Waals surface area contributed by atoms with Crippen LogP contribution in [0.15, 0.2) is 59.5 Å². The number of sulfonamides is 1. The van der Waals surface area contributed by atoms with E-state index in [1.54, 1.807) is 16.4 Å². The van der Waals surface area contributed by atoms with Gasteiger partial charge in [0.2, 0.25) is 10.0 Å². The number of rotatable bonds is 3. The first kappa shape index (κ1) is 17.2. The van der Waals surface area contributed by atoms with Gasteiger partial charge in [-0.3, -0.25) is 0 Å². The highest BCUT2D eigenvalue weighted by molar-refractivity contribution is 7.89. The molecule has 0 aromatic heterocycles. The van der Waals surface area contributed by atoms with Gasteiger partial charge in [-0.05, 0) is 42.4 Å². The predicted molar refractivity (Wildman–Crippen MR) is 97.4 cm³/mol. The molecule has 1 aliphatic heterocycles. The third-order valence-electron chi connectivity index (χ3n) is 5.05. The molecular formula is C20H25NO2S. The van der Waals surface area contributed by atoms with E-state index in [0.717, 1.165) is 5.56 Å². The fourth-order valence-corrected chi connectivity index (χ4v) is 5.53. The average Bonchev–Trinajstić information content (AvgIpc) is 2.55. The molecule has 2 atom stereocenters. The quantitative estimate of drug-likeness (QED) is 0.843. The van der Waals surface area contributed by atoms with E-state index in [4.69, 9.17) is 0 Å². The first-order valence-corrected chi connectivity index (χ1v) is 9.95. The summed E-state index contributed by atoms with van der Waals surface area (Å²) in [7, 11) is -3.42. The minimum Gasteiger partial charge on any atom is -0.207 e. The molecule has 4 heteroatoms. The molecule has 3 nitrogen and oxygen atoms in total. The summed E-state index contributed by atoms with van der Waals surface area (Å²) in [6.45, 7) is 7.42. The highest BCUT2D eigenvalue weighted by atomic mass is 32.2. The van der Waals surface area contributed by atoms with Gasteiger partial charge < -0.3 is 0 Å². The molecule has 1 aliphatic rings. The van der Waals surface area contributed by atoms with Crippen molar-refractivity contribution in [2.24, 2.45) is 11.8 Å². The number of hydrogen-bond donors (Lipinski definition) is 0. The second-order valence-corrected chi connectivity index (χ2v) is 8.96. The maximum absolute atomic E-state index is 13.0. The van der Waals surface area contributed by atoms with Gasteiger partial charge in [-0.2, -0.15) is 4.31 Å². The van der Waals surface area contributed by atoms with Gasteiger partial charge in [0.25, 0.3) is 0 Å². The van der Waals surface area contributed by atoms with E-state index in [2.05, 4.69) is 38.1 Å². The van der Waals surface area contributed by atoms with Crippen LogP contribution in [0.4, 0.5) is 0 Å². The van der Waals surface area contributed by atoms with Gasteiger partial charge in [-0.1, -0.05) is 61.9 Å². The second kappa shape index (κ2) is 6.69. The van der Waals surface area contributed by atoms with Crippen molar-refractivity contribution >= 4 is 10.0 Å². The van der Waals surface area contributed by atoms with Crippen molar-refractivity contribution in [3.63, 3.8) is 0 Å². The Balaban J connectivity index is 1.84. The Morgan fingerprint density at radius 2 is 1.42 bits per heavy atom. The van der Waals surface area contributed by atoms with Crippen LogP contribution in [0.5, 0.6) is 0 Å². The van der Waals surface area contributed by atoms with Crippen LogP contribution in [0.3, 0.4) is 0 Å². The van der Waals surface area contributed by atoms with Crippen molar-refractivity contribution in [2.75, 3.05) is 13.1 Å². The molecule has 3 rings (SSSR count). The van der Waals surface area contributed by atoms with Gasteiger partial charge in [0.05, 0.1) is 4.90 Å². The van der Waals surface area contributed by atoms with Crippen molar-refractivity contribution in [1.29, 1.82) is 0 Å². The molecule has 1 fully saturated rings. The summed E-state index contributed by atoms with van der Waals surface area (Å²) in [5, 5.41) is 0. The minimum absolute atomic E-state index is 0.288. The van der Waals surface area contributed by atoms with E-state index in [1.165, 1.54) is 5.56 Å². The Kier molecular flexibility index (Phi) is 4.79. The van der Waals surface area contributed by atoms with E-state index < -0.39 is 10.0 Å². The smallest absolute Gasteiger partial charge is 0.207 e. The molecule has 0 amide bonds. The van der Waals surface area contributed by atoms with Crippen LogP contribution in [0.25, 0.3) is 0 Å². The molecule has 2 aromatic rings. The van der Waals surface area contributed by atoms with Crippen LogP contribution in [-0.4, -0.2) is 25.8 Å². The van der Waals surface area contributed by atoms with Gasteiger partial charge >= 0.3 is 0 Å². The Morgan fingerprint density at radius 3 is 1.96 bits per heavy atom. The van der Waals surface area contributed by atoms with Gasteiger partial charge in [-0.25, -0.2) is 8.42 Å². The Morgan fingerprint density at radius 1 is 0.875 bits per heavy atom. The minimum atomic E-state index is -3.42. The number of hydrogen-bond acceptors (Lipinski definition) is 2. The first-order chi connectivity index (χ1) is 11.4. The molecule has 0 radical (unpaired) electrons. The summed E-state index contributed by atoms with van der Waals surface area (Å²) >= 11 is 0. The molecule has 24 heavy (non-hydrogen) atoms. The van der Waals surface area contributed by atoms with Crippen LogP contribution >= 0.6 is 0 Å². The SMILES string of the molecule is Cc1ccc(S(=O)(=O)N2C[C@@H](C)C(c3ccccc3)[C@H](C)C2)cc1. The third kappa shape index (κ3) is 3.26. The van der Waals surface area contributed by atoms with E-state index in [1.807, 2.05) is 25.1 Å². The molecule has 0 unspecified atom stereocenters. The lowest BCUT2D eigenvalue weighted by Crippen LogP contribution is -2.46. The lowest BCUT2D eigenvalue weighted by molar-refractivity contribution is 0.187. The summed E-state index contributed by atoms with van der Waals surface area (Å²) < 4.78 is 27.6. The maximum Gasteiger partial charge on any atom is 0.243 e. The summed E-state index contributed by atoms with van der Waals surface area (Å²) in [6, 6.07) is 17.6. The zero-order valence-electron chi connectivity index (χ0n) is 14.5. The summed E-state index contributed by atoms with van der Waals surface area (Å²) in [5.41, 5.74) is 2.38. The van der Waals surface area contributed by atoms with Crippen LogP contribution in [0.2, 0.25) is 0 Å². The van der Waals surface area contributed by atoms with Crippen molar-refractivity contribution in [1.82, 2.24) is 4.31 Å². The highest BCUT2D eigenvalue weighted by Crippen LogP contribution is 2.38. The van der Waals surface area contributed by atoms with Crippen LogP contribution in [0, 0.1) is 18.8 Å². The highest BCUT2D eigenvalue weighted by Gasteiger charge is 2.38. The molecule has 0 saturated carbocycles. The van der Waals surface area contributed by atoms with E-state index in [-0.39, 0.29) is 11.8 Å². The summed E-state index contributed by atoms with van der Waals surface area (Å²) in [5.74, 6) is 0.975. The van der Waals surface area contributed by atoms with Crippen LogP contribution in [-0.2, 0) is 10.0 Å². The molecule has 0 N–H and O–H groups in total. The molecule has 2 aromatic carbocycles. The zero-order chi connectivity index (χ0) is 17.3. The molecule has 1 heterocycles. The maximum atomic E-state index is 13.0. The molecule has 128 valence electrons. The standard InChI is InChI=1S/C20H25NO2S/c1-15-9-11-19(12-10-15)24(22,23)21-13-16(2)20(17(3)14-21)18-7-5-4-6-8-18/h4-12,16-17,20H,13-14H2,1-3H3/t16-,17-/m1/s1. The normalized spacial score (nSPS) is 23.3. The molecule has 0 bridgehead atoms. The lowest BCUT2D eigenvalue weighted by atomic mass is 9.76. The Bertz CT molecular complexity index is 772. The number of nitrogens with zero attached hydrogens (tertiary/aromatic N) is 1. The van der Waals surface area contributed by atoms with E-state index in [0.29, 0.717) is 23.9 Å². The Labute approximate surface area is 145 Å². The second-order valence-electron chi connectivity index (χ2n) is 7.03. The third-order valence-corrected chi connectivity index (χ3v) is 6.90. The van der Waals surface area contributed by atoms with Crippen LogP contribution in [0.1, 0.15) is 30.9 Å². The van der Waals surface area contributed by atoms with Crippen molar-refractivity contribution in [3.8, 4) is 0 Å². The van der Waals surface area contributed by atoms with Crippen LogP contribution < -0.4 is 0 Å². The topological polar surface area (TPSA) is 37.4 Å². The fourth-order valence-electron chi connectivity index (χ4n) is 3.89. The summed E-state index contributed by atoms with van der Waals surface area (Å²) in [4.78, 5) is 0.394. The largest absolute Gasteiger partial charge is 0.243 e. The van der Waals surface area contributed by atoms with Gasteiger partial charge in [-0.15, -0.1) is 0 Å². The summed E-state index contributed by atoms with van der Waals surface area (Å²) in [6.07, 6.45) is 0. The molecule has 1 saturated heterocycles. The van der Waals surface area contributed by atoms with Crippen molar-refractivity contribution in [3.05, 3.63) is 65.7 Å². The van der Waals surface area contributed by atoms with Crippen molar-refractivity contribution in [2.45, 2.75) is 31.6 Å². The zero-order valence-corrected chi connectivity index (χ0v) is 15.3. The average molecular weight is 343 g/mol. The van der Waals surface area contributed by atoms with Gasteiger partial charge in [0.15, 0.2) is 0 Å². The predicted octanol–water partition coefficient (Wildman–Crippen LogP) is 4.06. The molecule has 0 spiro atoms. The van der Waals surface area contributed by atoms with Gasteiger partial charge in [0.1, 0.15) is 0 Å². The monoisotopic (exact) mass is 343 g/mol. The Hall–Kier alpha value is -1.65. The molecule has 0 aliphatic carbocycles.